The fourth-order valence-electron chi connectivity index (χ4n) is 1.11. The Balaban J connectivity index is 2.80. The van der Waals surface area contributed by atoms with Gasteiger partial charge in [-0.05, 0) is 56.4 Å². The molecule has 0 bridgehead atoms. The van der Waals surface area contributed by atoms with E-state index in [2.05, 4.69) is 0 Å². The second-order valence-corrected chi connectivity index (χ2v) is 5.79. The number of aryl methyl sites for hydroxylation is 1. The van der Waals surface area contributed by atoms with Crippen LogP contribution in [0.4, 0.5) is 0 Å². The van der Waals surface area contributed by atoms with Crippen LogP contribution in [0.1, 0.15) is 33.3 Å². The van der Waals surface area contributed by atoms with Crippen molar-refractivity contribution in [3.05, 3.63) is 16.3 Å². The summed E-state index contributed by atoms with van der Waals surface area (Å²) in [5.41, 5.74) is -0.0648. The highest BCUT2D eigenvalue weighted by Gasteiger charge is 2.39. The number of thiophene rings is 1. The highest BCUT2D eigenvalue weighted by molar-refractivity contribution is 7.09. The van der Waals surface area contributed by atoms with E-state index in [0.29, 0.717) is 0 Å². The number of aliphatic hydroxyl groups is 1. The van der Waals surface area contributed by atoms with Crippen molar-refractivity contribution >= 4 is 23.9 Å². The molecule has 0 fully saturated rings. The molecule has 0 atom stereocenters. The van der Waals surface area contributed by atoms with E-state index in [1.165, 1.54) is 11.3 Å². The SMILES string of the molecule is Cc1cscc1B(O)OC(C)(C)C(C)(C)O. The van der Waals surface area contributed by atoms with Gasteiger partial charge in [-0.15, -0.1) is 0 Å². The Hall–Kier alpha value is -0.355. The Labute approximate surface area is 101 Å². The van der Waals surface area contributed by atoms with E-state index in [0.717, 1.165) is 11.0 Å². The Kier molecular flexibility index (Phi) is 3.85. The molecule has 16 heavy (non-hydrogen) atoms. The van der Waals surface area contributed by atoms with Gasteiger partial charge in [0.1, 0.15) is 0 Å². The van der Waals surface area contributed by atoms with Gasteiger partial charge < -0.3 is 14.8 Å². The Morgan fingerprint density at radius 3 is 2.19 bits per heavy atom. The zero-order valence-corrected chi connectivity index (χ0v) is 11.3. The summed E-state index contributed by atoms with van der Waals surface area (Å²) >= 11 is 1.53. The summed E-state index contributed by atoms with van der Waals surface area (Å²) < 4.78 is 5.54. The predicted molar refractivity (Wildman–Crippen MR) is 68.1 cm³/mol. The van der Waals surface area contributed by atoms with Crippen LogP contribution in [0.25, 0.3) is 0 Å². The van der Waals surface area contributed by atoms with E-state index in [1.807, 2.05) is 17.7 Å². The van der Waals surface area contributed by atoms with Gasteiger partial charge in [-0.3, -0.25) is 0 Å². The Bertz CT molecular complexity index is 354. The van der Waals surface area contributed by atoms with Crippen LogP contribution in [0.5, 0.6) is 0 Å². The topological polar surface area (TPSA) is 49.7 Å². The van der Waals surface area contributed by atoms with Gasteiger partial charge in [0.05, 0.1) is 11.2 Å². The third kappa shape index (κ3) is 2.85. The lowest BCUT2D eigenvalue weighted by Gasteiger charge is -2.38. The molecule has 0 unspecified atom stereocenters. The number of hydrogen-bond donors (Lipinski definition) is 2. The molecule has 0 amide bonds. The normalized spacial score (nSPS) is 12.9. The molecular formula is C11H19BO3S. The van der Waals surface area contributed by atoms with Crippen molar-refractivity contribution in [2.24, 2.45) is 0 Å². The van der Waals surface area contributed by atoms with Gasteiger partial charge in [0.15, 0.2) is 0 Å². The van der Waals surface area contributed by atoms with Crippen LogP contribution >= 0.6 is 11.3 Å². The van der Waals surface area contributed by atoms with Gasteiger partial charge in [0.25, 0.3) is 0 Å². The first-order chi connectivity index (χ1) is 7.15. The summed E-state index contributed by atoms with van der Waals surface area (Å²) in [6.07, 6.45) is 0. The smallest absolute Gasteiger partial charge is 0.423 e. The molecule has 3 nitrogen and oxygen atoms in total. The maximum atomic E-state index is 9.96. The van der Waals surface area contributed by atoms with Gasteiger partial charge in [0, 0.05) is 0 Å². The first kappa shape index (κ1) is 13.7. The van der Waals surface area contributed by atoms with Gasteiger partial charge >= 0.3 is 7.12 Å². The largest absolute Gasteiger partial charge is 0.492 e. The minimum atomic E-state index is -1.02. The Morgan fingerprint density at radius 2 is 1.81 bits per heavy atom. The molecule has 90 valence electrons. The second kappa shape index (κ2) is 4.49. The van der Waals surface area contributed by atoms with Crippen LogP contribution in [0.15, 0.2) is 10.8 Å². The van der Waals surface area contributed by atoms with Crippen LogP contribution in [-0.2, 0) is 4.65 Å². The maximum Gasteiger partial charge on any atom is 0.492 e. The van der Waals surface area contributed by atoms with Crippen molar-refractivity contribution in [3.63, 3.8) is 0 Å². The minimum Gasteiger partial charge on any atom is -0.423 e. The predicted octanol–water partition coefficient (Wildman–Crippen LogP) is 1.31. The van der Waals surface area contributed by atoms with E-state index in [4.69, 9.17) is 4.65 Å². The highest BCUT2D eigenvalue weighted by Crippen LogP contribution is 2.25. The van der Waals surface area contributed by atoms with Crippen LogP contribution < -0.4 is 5.46 Å². The average molecular weight is 242 g/mol. The third-order valence-electron chi connectivity index (χ3n) is 3.04. The molecule has 1 rings (SSSR count). The molecule has 0 aliphatic carbocycles. The van der Waals surface area contributed by atoms with Gasteiger partial charge in [-0.2, -0.15) is 11.3 Å². The number of hydrogen-bond acceptors (Lipinski definition) is 4. The summed E-state index contributed by atoms with van der Waals surface area (Å²) in [6.45, 7) is 8.78. The molecular weight excluding hydrogens is 223 g/mol. The summed E-state index contributed by atoms with van der Waals surface area (Å²) in [5, 5.41) is 23.7. The van der Waals surface area contributed by atoms with Crippen LogP contribution in [0, 0.1) is 6.92 Å². The monoisotopic (exact) mass is 242 g/mol. The zero-order valence-electron chi connectivity index (χ0n) is 10.4. The first-order valence-electron chi connectivity index (χ1n) is 5.26. The highest BCUT2D eigenvalue weighted by atomic mass is 32.1. The third-order valence-corrected chi connectivity index (χ3v) is 3.92. The fraction of sp³-hybridized carbons (Fsp3) is 0.636. The van der Waals surface area contributed by atoms with Crippen molar-refractivity contribution in [3.8, 4) is 0 Å². The molecule has 0 aliphatic heterocycles. The molecule has 0 saturated carbocycles. The molecule has 0 saturated heterocycles. The van der Waals surface area contributed by atoms with Crippen molar-refractivity contribution in [1.29, 1.82) is 0 Å². The van der Waals surface area contributed by atoms with Gasteiger partial charge in [-0.25, -0.2) is 0 Å². The van der Waals surface area contributed by atoms with Crippen molar-refractivity contribution in [1.82, 2.24) is 0 Å². The summed E-state index contributed by atoms with van der Waals surface area (Å²) in [7, 11) is -0.993. The summed E-state index contributed by atoms with van der Waals surface area (Å²) in [6, 6.07) is 0. The average Bonchev–Trinajstić information content (AvgIpc) is 2.48. The van der Waals surface area contributed by atoms with E-state index in [-0.39, 0.29) is 0 Å². The summed E-state index contributed by atoms with van der Waals surface area (Å²) in [5.74, 6) is 0. The lowest BCUT2D eigenvalue weighted by molar-refractivity contribution is -0.0982. The lowest BCUT2D eigenvalue weighted by Crippen LogP contribution is -2.53. The molecule has 0 aromatic carbocycles. The molecule has 1 aromatic heterocycles. The van der Waals surface area contributed by atoms with Crippen LogP contribution in [0.2, 0.25) is 0 Å². The number of rotatable bonds is 4. The van der Waals surface area contributed by atoms with Crippen molar-refractivity contribution in [2.45, 2.75) is 45.8 Å². The van der Waals surface area contributed by atoms with E-state index in [9.17, 15) is 10.1 Å². The summed E-state index contributed by atoms with van der Waals surface area (Å²) in [4.78, 5) is 0. The lowest BCUT2D eigenvalue weighted by atomic mass is 9.76. The Morgan fingerprint density at radius 1 is 1.25 bits per heavy atom. The zero-order chi connectivity index (χ0) is 12.6. The van der Waals surface area contributed by atoms with Crippen molar-refractivity contribution < 1.29 is 14.8 Å². The maximum absolute atomic E-state index is 9.96. The molecule has 1 aromatic rings. The molecule has 1 heterocycles. The quantitative estimate of drug-likeness (QED) is 0.782. The van der Waals surface area contributed by atoms with Crippen molar-refractivity contribution in [2.75, 3.05) is 0 Å². The molecule has 0 spiro atoms. The second-order valence-electron chi connectivity index (χ2n) is 5.05. The molecule has 0 radical (unpaired) electrons. The van der Waals surface area contributed by atoms with E-state index >= 15 is 0 Å². The minimum absolute atomic E-state index is 0.766. The van der Waals surface area contributed by atoms with Gasteiger partial charge in [0.2, 0.25) is 0 Å². The fourth-order valence-corrected chi connectivity index (χ4v) is 1.97. The van der Waals surface area contributed by atoms with Gasteiger partial charge in [-0.1, -0.05) is 0 Å². The van der Waals surface area contributed by atoms with E-state index in [1.54, 1.807) is 27.7 Å². The van der Waals surface area contributed by atoms with Crippen LogP contribution in [-0.4, -0.2) is 28.5 Å². The molecule has 2 N–H and O–H groups in total. The molecule has 0 aliphatic rings. The molecule has 5 heteroatoms. The standard InChI is InChI=1S/C11H19BO3S/c1-8-6-16-7-9(8)12(14)15-11(4,5)10(2,3)13/h6-7,13-14H,1-5H3. The first-order valence-corrected chi connectivity index (χ1v) is 6.20. The van der Waals surface area contributed by atoms with E-state index < -0.39 is 18.3 Å². The van der Waals surface area contributed by atoms with Crippen LogP contribution in [0.3, 0.4) is 0 Å².